The highest BCUT2D eigenvalue weighted by Crippen LogP contribution is 2.45. The van der Waals surface area contributed by atoms with Gasteiger partial charge in [-0.1, -0.05) is 13.0 Å². The van der Waals surface area contributed by atoms with Crippen molar-refractivity contribution in [1.29, 1.82) is 5.26 Å². The number of carbonyl (C=O) groups excluding carboxylic acids is 1. The van der Waals surface area contributed by atoms with E-state index in [2.05, 4.69) is 11.4 Å². The van der Waals surface area contributed by atoms with Crippen LogP contribution in [-0.4, -0.2) is 14.3 Å². The first kappa shape index (κ1) is 14.5. The van der Waals surface area contributed by atoms with Gasteiger partial charge in [-0.05, 0) is 37.0 Å². The lowest BCUT2D eigenvalue weighted by atomic mass is 9.63. The minimum absolute atomic E-state index is 0.0803. The van der Waals surface area contributed by atoms with Crippen LogP contribution in [-0.2, 0) is 14.8 Å². The van der Waals surface area contributed by atoms with Crippen LogP contribution in [0.5, 0.6) is 0 Å². The van der Waals surface area contributed by atoms with Gasteiger partial charge in [-0.25, -0.2) is 13.6 Å². The van der Waals surface area contributed by atoms with Gasteiger partial charge in [0.15, 0.2) is 0 Å². The summed E-state index contributed by atoms with van der Waals surface area (Å²) in [4.78, 5) is 12.1. The van der Waals surface area contributed by atoms with Crippen LogP contribution in [0.4, 0.5) is 5.69 Å². The van der Waals surface area contributed by atoms with Gasteiger partial charge >= 0.3 is 0 Å². The standard InChI is InChI=1S/C13H15N3O3S/c1-9-6-13(7-9,8-14)12(17)16-10-3-2-4-11(5-10)20(15,18)19/h2-5,9H,6-7H2,1H3,(H,16,17)(H2,15,18,19). The van der Waals surface area contributed by atoms with E-state index in [1.165, 1.54) is 18.2 Å². The van der Waals surface area contributed by atoms with Gasteiger partial charge in [-0.3, -0.25) is 4.79 Å². The van der Waals surface area contributed by atoms with Crippen LogP contribution in [0.15, 0.2) is 29.2 Å². The summed E-state index contributed by atoms with van der Waals surface area (Å²) in [5.74, 6) is -0.0548. The van der Waals surface area contributed by atoms with E-state index in [9.17, 15) is 13.2 Å². The van der Waals surface area contributed by atoms with E-state index < -0.39 is 21.3 Å². The highest BCUT2D eigenvalue weighted by molar-refractivity contribution is 7.89. The predicted octanol–water partition coefficient (Wildman–Crippen LogP) is 1.21. The molecule has 3 N–H and O–H groups in total. The van der Waals surface area contributed by atoms with E-state index in [4.69, 9.17) is 10.4 Å². The Bertz CT molecular complexity index is 685. The zero-order chi connectivity index (χ0) is 15.0. The van der Waals surface area contributed by atoms with Gasteiger partial charge in [0.25, 0.3) is 0 Å². The molecule has 2 rings (SSSR count). The van der Waals surface area contributed by atoms with Crippen LogP contribution in [0, 0.1) is 22.7 Å². The molecular weight excluding hydrogens is 278 g/mol. The van der Waals surface area contributed by atoms with Crippen molar-refractivity contribution in [3.05, 3.63) is 24.3 Å². The third kappa shape index (κ3) is 2.66. The molecule has 7 heteroatoms. The average molecular weight is 293 g/mol. The molecule has 20 heavy (non-hydrogen) atoms. The first-order valence-corrected chi connectivity index (χ1v) is 7.67. The molecule has 1 aromatic carbocycles. The van der Waals surface area contributed by atoms with Crippen molar-refractivity contribution < 1.29 is 13.2 Å². The first-order valence-electron chi connectivity index (χ1n) is 6.12. The summed E-state index contributed by atoms with van der Waals surface area (Å²) in [6.45, 7) is 1.98. The number of amides is 1. The number of hydrogen-bond acceptors (Lipinski definition) is 4. The Morgan fingerprint density at radius 1 is 1.50 bits per heavy atom. The number of nitriles is 1. The molecule has 0 heterocycles. The fourth-order valence-electron chi connectivity index (χ4n) is 2.46. The third-order valence-electron chi connectivity index (χ3n) is 3.46. The van der Waals surface area contributed by atoms with Gasteiger partial charge in [0.2, 0.25) is 15.9 Å². The van der Waals surface area contributed by atoms with E-state index >= 15 is 0 Å². The molecule has 0 unspecified atom stereocenters. The normalized spacial score (nSPS) is 25.4. The van der Waals surface area contributed by atoms with Crippen molar-refractivity contribution >= 4 is 21.6 Å². The number of hydrogen-bond donors (Lipinski definition) is 2. The molecule has 0 spiro atoms. The molecule has 0 aliphatic heterocycles. The van der Waals surface area contributed by atoms with Gasteiger partial charge in [0.1, 0.15) is 5.41 Å². The number of rotatable bonds is 3. The second-order valence-electron chi connectivity index (χ2n) is 5.23. The van der Waals surface area contributed by atoms with E-state index in [0.29, 0.717) is 24.4 Å². The molecular formula is C13H15N3O3S. The highest BCUT2D eigenvalue weighted by Gasteiger charge is 2.48. The van der Waals surface area contributed by atoms with Crippen LogP contribution >= 0.6 is 0 Å². The highest BCUT2D eigenvalue weighted by atomic mass is 32.2. The largest absolute Gasteiger partial charge is 0.325 e. The van der Waals surface area contributed by atoms with Gasteiger partial charge in [0.05, 0.1) is 11.0 Å². The summed E-state index contributed by atoms with van der Waals surface area (Å²) in [5, 5.41) is 16.8. The summed E-state index contributed by atoms with van der Waals surface area (Å²) in [5.41, 5.74) is -0.687. The zero-order valence-electron chi connectivity index (χ0n) is 11.0. The Hall–Kier alpha value is -1.91. The molecule has 106 valence electrons. The van der Waals surface area contributed by atoms with Crippen LogP contribution in [0.1, 0.15) is 19.8 Å². The minimum Gasteiger partial charge on any atom is -0.325 e. The van der Waals surface area contributed by atoms with Gasteiger partial charge < -0.3 is 5.32 Å². The van der Waals surface area contributed by atoms with E-state index in [1.54, 1.807) is 6.07 Å². The average Bonchev–Trinajstić information content (AvgIpc) is 2.34. The number of anilines is 1. The van der Waals surface area contributed by atoms with Crippen molar-refractivity contribution in [2.45, 2.75) is 24.7 Å². The van der Waals surface area contributed by atoms with Gasteiger partial charge in [0, 0.05) is 5.69 Å². The number of benzene rings is 1. The second kappa shape index (κ2) is 4.89. The summed E-state index contributed by atoms with van der Waals surface area (Å²) < 4.78 is 22.5. The van der Waals surface area contributed by atoms with Crippen molar-refractivity contribution in [2.75, 3.05) is 5.32 Å². The Morgan fingerprint density at radius 3 is 2.65 bits per heavy atom. The first-order chi connectivity index (χ1) is 9.27. The number of primary sulfonamides is 1. The second-order valence-corrected chi connectivity index (χ2v) is 6.80. The van der Waals surface area contributed by atoms with Gasteiger partial charge in [-0.2, -0.15) is 5.26 Å². The SMILES string of the molecule is CC1CC(C#N)(C(=O)Nc2cccc(S(N)(=O)=O)c2)C1. The molecule has 1 saturated carbocycles. The Kier molecular flexibility index (Phi) is 3.54. The molecule has 1 aliphatic rings. The topological polar surface area (TPSA) is 113 Å². The summed E-state index contributed by atoms with van der Waals surface area (Å²) in [6.07, 6.45) is 1.04. The predicted molar refractivity (Wildman–Crippen MR) is 72.9 cm³/mol. The molecule has 0 radical (unpaired) electrons. The van der Waals surface area contributed by atoms with Crippen LogP contribution in [0.2, 0.25) is 0 Å². The third-order valence-corrected chi connectivity index (χ3v) is 4.37. The lowest BCUT2D eigenvalue weighted by molar-refractivity contribution is -0.128. The van der Waals surface area contributed by atoms with E-state index in [0.717, 1.165) is 0 Å². The smallest absolute Gasteiger partial charge is 0.244 e. The number of sulfonamides is 1. The lowest BCUT2D eigenvalue weighted by Crippen LogP contribution is -2.45. The number of nitrogens with two attached hydrogens (primary N) is 1. The van der Waals surface area contributed by atoms with Crippen molar-refractivity contribution in [1.82, 2.24) is 0 Å². The maximum atomic E-state index is 12.1. The van der Waals surface area contributed by atoms with Crippen molar-refractivity contribution in [3.63, 3.8) is 0 Å². The summed E-state index contributed by atoms with van der Waals surface area (Å²) in [6, 6.07) is 7.72. The van der Waals surface area contributed by atoms with E-state index in [1.807, 2.05) is 6.92 Å². The quantitative estimate of drug-likeness (QED) is 0.872. The molecule has 1 amide bonds. The molecule has 0 atom stereocenters. The van der Waals surface area contributed by atoms with Crippen LogP contribution in [0.25, 0.3) is 0 Å². The zero-order valence-corrected chi connectivity index (χ0v) is 11.8. The van der Waals surface area contributed by atoms with Crippen molar-refractivity contribution in [2.24, 2.45) is 16.5 Å². The molecule has 0 saturated heterocycles. The summed E-state index contributed by atoms with van der Waals surface area (Å²) in [7, 11) is -3.82. The lowest BCUT2D eigenvalue weighted by Gasteiger charge is -2.39. The van der Waals surface area contributed by atoms with E-state index in [-0.39, 0.29) is 4.90 Å². The monoisotopic (exact) mass is 293 g/mol. The summed E-state index contributed by atoms with van der Waals surface area (Å²) >= 11 is 0. The molecule has 1 fully saturated rings. The maximum absolute atomic E-state index is 12.1. The fourth-order valence-corrected chi connectivity index (χ4v) is 3.02. The van der Waals surface area contributed by atoms with Crippen LogP contribution in [0.3, 0.4) is 0 Å². The van der Waals surface area contributed by atoms with Gasteiger partial charge in [-0.15, -0.1) is 0 Å². The molecule has 6 nitrogen and oxygen atoms in total. The fraction of sp³-hybridized carbons (Fsp3) is 0.385. The Labute approximate surface area is 117 Å². The van der Waals surface area contributed by atoms with Crippen LogP contribution < -0.4 is 10.5 Å². The molecule has 1 aliphatic carbocycles. The molecule has 0 aromatic heterocycles. The molecule has 1 aromatic rings. The maximum Gasteiger partial charge on any atom is 0.244 e. The van der Waals surface area contributed by atoms with Crippen molar-refractivity contribution in [3.8, 4) is 6.07 Å². The Balaban J connectivity index is 2.19. The Morgan fingerprint density at radius 2 is 2.15 bits per heavy atom. The number of carbonyl (C=O) groups is 1. The molecule has 0 bridgehead atoms. The minimum atomic E-state index is -3.82. The number of nitrogens with zero attached hydrogens (tertiary/aromatic N) is 1. The number of nitrogens with one attached hydrogen (secondary N) is 1.